The van der Waals surface area contributed by atoms with Gasteiger partial charge in [0.05, 0.1) is 25.9 Å². The van der Waals surface area contributed by atoms with Crippen molar-refractivity contribution in [1.82, 2.24) is 15.5 Å². The number of carbonyl (C=O) groups excluding carboxylic acids is 2. The fourth-order valence-corrected chi connectivity index (χ4v) is 1.93. The number of nitrogens with one attached hydrogen (secondary N) is 2. The Bertz CT molecular complexity index is 306. The zero-order valence-electron chi connectivity index (χ0n) is 12.3. The van der Waals surface area contributed by atoms with Gasteiger partial charge in [0.1, 0.15) is 0 Å². The van der Waals surface area contributed by atoms with Crippen molar-refractivity contribution >= 4 is 11.8 Å². The monoisotopic (exact) mass is 287 g/mol. The van der Waals surface area contributed by atoms with E-state index >= 15 is 0 Å². The van der Waals surface area contributed by atoms with Crippen molar-refractivity contribution in [3.8, 4) is 0 Å². The Hall–Kier alpha value is -1.18. The lowest BCUT2D eigenvalue weighted by Gasteiger charge is -2.29. The van der Waals surface area contributed by atoms with Gasteiger partial charge in [-0.05, 0) is 6.92 Å². The third-order valence-corrected chi connectivity index (χ3v) is 3.12. The normalized spacial score (nSPS) is 16.8. The van der Waals surface area contributed by atoms with Crippen LogP contribution in [0.3, 0.4) is 0 Å². The minimum Gasteiger partial charge on any atom is -0.383 e. The number of ether oxygens (including phenoxy) is 2. The smallest absolute Gasteiger partial charge is 0.239 e. The summed E-state index contributed by atoms with van der Waals surface area (Å²) in [5.74, 6) is 0.0219. The minimum absolute atomic E-state index is 0.0411. The summed E-state index contributed by atoms with van der Waals surface area (Å²) in [4.78, 5) is 25.3. The van der Waals surface area contributed by atoms with Gasteiger partial charge in [0, 0.05) is 39.7 Å². The molecule has 0 aliphatic carbocycles. The highest BCUT2D eigenvalue weighted by Crippen LogP contribution is 2.00. The van der Waals surface area contributed by atoms with E-state index < -0.39 is 0 Å². The first-order valence-corrected chi connectivity index (χ1v) is 7.00. The third kappa shape index (κ3) is 6.31. The molecule has 1 rings (SSSR count). The molecule has 20 heavy (non-hydrogen) atoms. The average molecular weight is 287 g/mol. The molecule has 116 valence electrons. The number of morpholine rings is 1. The highest BCUT2D eigenvalue weighted by atomic mass is 16.5. The van der Waals surface area contributed by atoms with Gasteiger partial charge in [0.15, 0.2) is 0 Å². The van der Waals surface area contributed by atoms with Gasteiger partial charge in [-0.1, -0.05) is 0 Å². The molecule has 1 atom stereocenters. The van der Waals surface area contributed by atoms with Crippen molar-refractivity contribution in [2.45, 2.75) is 19.4 Å². The Kier molecular flexibility index (Phi) is 8.17. The quantitative estimate of drug-likeness (QED) is 0.558. The molecule has 0 radical (unpaired) electrons. The van der Waals surface area contributed by atoms with Crippen LogP contribution < -0.4 is 10.6 Å². The highest BCUT2D eigenvalue weighted by Gasteiger charge is 2.21. The molecule has 0 spiro atoms. The second-order valence-corrected chi connectivity index (χ2v) is 4.71. The van der Waals surface area contributed by atoms with E-state index in [1.807, 2.05) is 6.92 Å². The van der Waals surface area contributed by atoms with Crippen LogP contribution in [0.2, 0.25) is 0 Å². The Labute approximate surface area is 120 Å². The minimum atomic E-state index is -0.278. The lowest BCUT2D eigenvalue weighted by molar-refractivity contribution is -0.137. The van der Waals surface area contributed by atoms with Crippen LogP contribution in [-0.4, -0.2) is 75.9 Å². The largest absolute Gasteiger partial charge is 0.383 e. The van der Waals surface area contributed by atoms with Gasteiger partial charge in [-0.3, -0.25) is 9.59 Å². The number of rotatable bonds is 8. The van der Waals surface area contributed by atoms with Crippen LogP contribution in [0.4, 0.5) is 0 Å². The topological polar surface area (TPSA) is 79.9 Å². The number of hydrogen-bond donors (Lipinski definition) is 2. The van der Waals surface area contributed by atoms with Crippen LogP contribution in [0, 0.1) is 0 Å². The number of hydrogen-bond acceptors (Lipinski definition) is 5. The lowest BCUT2D eigenvalue weighted by Crippen LogP contribution is -2.49. The molecule has 0 saturated carbocycles. The number of amides is 2. The first kappa shape index (κ1) is 16.9. The Morgan fingerprint density at radius 2 is 2.00 bits per heavy atom. The third-order valence-electron chi connectivity index (χ3n) is 3.12. The summed E-state index contributed by atoms with van der Waals surface area (Å²) >= 11 is 0. The van der Waals surface area contributed by atoms with E-state index in [4.69, 9.17) is 9.47 Å². The van der Waals surface area contributed by atoms with E-state index in [2.05, 4.69) is 10.6 Å². The molecule has 1 heterocycles. The first-order chi connectivity index (χ1) is 9.65. The summed E-state index contributed by atoms with van der Waals surface area (Å²) in [6.07, 6.45) is 0.352. The molecule has 2 N–H and O–H groups in total. The molecule has 0 aromatic carbocycles. The van der Waals surface area contributed by atoms with Crippen LogP contribution in [0.15, 0.2) is 0 Å². The molecule has 0 aromatic heterocycles. The summed E-state index contributed by atoms with van der Waals surface area (Å²) < 4.78 is 10.1. The molecule has 1 unspecified atom stereocenters. The SMILES string of the molecule is COCCNC(=O)CCNC(C)C(=O)N1CCOCC1. The van der Waals surface area contributed by atoms with Crippen molar-refractivity contribution < 1.29 is 19.1 Å². The van der Waals surface area contributed by atoms with Crippen LogP contribution in [-0.2, 0) is 19.1 Å². The van der Waals surface area contributed by atoms with Gasteiger partial charge in [0.25, 0.3) is 0 Å². The Morgan fingerprint density at radius 3 is 2.65 bits per heavy atom. The van der Waals surface area contributed by atoms with E-state index in [-0.39, 0.29) is 17.9 Å². The predicted molar refractivity (Wildman–Crippen MR) is 74.4 cm³/mol. The number of carbonyl (C=O) groups is 2. The van der Waals surface area contributed by atoms with E-state index in [1.165, 1.54) is 0 Å². The maximum Gasteiger partial charge on any atom is 0.239 e. The maximum absolute atomic E-state index is 12.1. The van der Waals surface area contributed by atoms with Crippen molar-refractivity contribution in [3.63, 3.8) is 0 Å². The Morgan fingerprint density at radius 1 is 1.30 bits per heavy atom. The van der Waals surface area contributed by atoms with E-state index in [1.54, 1.807) is 12.0 Å². The fourth-order valence-electron chi connectivity index (χ4n) is 1.93. The van der Waals surface area contributed by atoms with Gasteiger partial charge in [-0.15, -0.1) is 0 Å². The van der Waals surface area contributed by atoms with Crippen molar-refractivity contribution in [1.29, 1.82) is 0 Å². The second kappa shape index (κ2) is 9.68. The molecular formula is C13H25N3O4. The fraction of sp³-hybridized carbons (Fsp3) is 0.846. The van der Waals surface area contributed by atoms with E-state index in [0.717, 1.165) is 0 Å². The molecule has 0 aromatic rings. The molecule has 7 nitrogen and oxygen atoms in total. The molecule has 1 fully saturated rings. The van der Waals surface area contributed by atoms with Crippen LogP contribution in [0.5, 0.6) is 0 Å². The molecular weight excluding hydrogens is 262 g/mol. The van der Waals surface area contributed by atoms with Crippen LogP contribution in [0.1, 0.15) is 13.3 Å². The highest BCUT2D eigenvalue weighted by molar-refractivity contribution is 5.81. The molecule has 1 aliphatic heterocycles. The summed E-state index contributed by atoms with van der Waals surface area (Å²) in [5.41, 5.74) is 0. The van der Waals surface area contributed by atoms with Gasteiger partial charge in [-0.2, -0.15) is 0 Å². The summed E-state index contributed by atoms with van der Waals surface area (Å²) in [5, 5.41) is 5.81. The summed E-state index contributed by atoms with van der Waals surface area (Å²) in [6.45, 7) is 5.80. The first-order valence-electron chi connectivity index (χ1n) is 7.00. The van der Waals surface area contributed by atoms with E-state index in [0.29, 0.717) is 52.4 Å². The van der Waals surface area contributed by atoms with Crippen molar-refractivity contribution in [3.05, 3.63) is 0 Å². The maximum atomic E-state index is 12.1. The standard InChI is InChI=1S/C13H25N3O4/c1-11(13(18)16-6-9-20-10-7-16)14-4-3-12(17)15-5-8-19-2/h11,14H,3-10H2,1-2H3,(H,15,17). The van der Waals surface area contributed by atoms with Crippen LogP contribution >= 0.6 is 0 Å². The molecule has 7 heteroatoms. The van der Waals surface area contributed by atoms with Gasteiger partial charge in [-0.25, -0.2) is 0 Å². The van der Waals surface area contributed by atoms with Gasteiger partial charge in [0.2, 0.25) is 11.8 Å². The Balaban J connectivity index is 2.13. The molecule has 1 aliphatic rings. The predicted octanol–water partition coefficient (Wildman–Crippen LogP) is -1.02. The number of nitrogens with zero attached hydrogens (tertiary/aromatic N) is 1. The van der Waals surface area contributed by atoms with Crippen molar-refractivity contribution in [2.75, 3.05) is 53.1 Å². The zero-order valence-corrected chi connectivity index (χ0v) is 12.3. The zero-order chi connectivity index (χ0) is 14.8. The average Bonchev–Trinajstić information content (AvgIpc) is 2.47. The lowest BCUT2D eigenvalue weighted by atomic mass is 10.2. The molecule has 2 amide bonds. The summed E-state index contributed by atoms with van der Waals surface area (Å²) in [7, 11) is 1.59. The van der Waals surface area contributed by atoms with E-state index in [9.17, 15) is 9.59 Å². The number of methoxy groups -OCH3 is 1. The van der Waals surface area contributed by atoms with Crippen molar-refractivity contribution in [2.24, 2.45) is 0 Å². The second-order valence-electron chi connectivity index (χ2n) is 4.71. The summed E-state index contributed by atoms with van der Waals surface area (Å²) in [6, 6.07) is -0.278. The van der Waals surface area contributed by atoms with Crippen LogP contribution in [0.25, 0.3) is 0 Å². The van der Waals surface area contributed by atoms with Gasteiger partial charge >= 0.3 is 0 Å². The molecule has 1 saturated heterocycles. The molecule has 0 bridgehead atoms. The van der Waals surface area contributed by atoms with Gasteiger partial charge < -0.3 is 25.0 Å².